The zero-order valence-corrected chi connectivity index (χ0v) is 13.1. The van der Waals surface area contributed by atoms with Crippen molar-refractivity contribution in [2.45, 2.75) is 6.92 Å². The number of nitrogens with one attached hydrogen (secondary N) is 2. The van der Waals surface area contributed by atoms with Crippen LogP contribution in [0, 0.1) is 5.82 Å². The van der Waals surface area contributed by atoms with Crippen molar-refractivity contribution < 1.29 is 18.7 Å². The molecule has 122 valence electrons. The minimum Gasteiger partial charge on any atom is -0.495 e. The Morgan fingerprint density at radius 3 is 2.65 bits per heavy atom. The van der Waals surface area contributed by atoms with Crippen LogP contribution in [0.25, 0.3) is 0 Å². The molecule has 0 aromatic heterocycles. The number of anilines is 2. The molecule has 2 aromatic rings. The van der Waals surface area contributed by atoms with Crippen LogP contribution in [0.15, 0.2) is 42.5 Å². The fraction of sp³-hybridized carbons (Fsp3) is 0.235. The number of rotatable bonds is 7. The second-order valence-electron chi connectivity index (χ2n) is 4.80. The van der Waals surface area contributed by atoms with E-state index in [1.165, 1.54) is 13.0 Å². The summed E-state index contributed by atoms with van der Waals surface area (Å²) < 4.78 is 24.1. The third kappa shape index (κ3) is 4.88. The van der Waals surface area contributed by atoms with Crippen molar-refractivity contribution in [3.8, 4) is 11.5 Å². The summed E-state index contributed by atoms with van der Waals surface area (Å²) in [5, 5.41) is 5.85. The van der Waals surface area contributed by atoms with Gasteiger partial charge in [-0.2, -0.15) is 0 Å². The van der Waals surface area contributed by atoms with Crippen molar-refractivity contribution in [3.63, 3.8) is 0 Å². The summed E-state index contributed by atoms with van der Waals surface area (Å²) in [5.74, 6) is 0.319. The lowest BCUT2D eigenvalue weighted by atomic mass is 10.2. The van der Waals surface area contributed by atoms with Crippen molar-refractivity contribution in [2.75, 3.05) is 30.9 Å². The lowest BCUT2D eigenvalue weighted by Crippen LogP contribution is -2.13. The van der Waals surface area contributed by atoms with Crippen molar-refractivity contribution in [1.29, 1.82) is 0 Å². The van der Waals surface area contributed by atoms with Crippen LogP contribution in [0.5, 0.6) is 11.5 Å². The SMILES string of the molecule is COc1ccc(NC(C)=O)cc1NCCOc1ccccc1F. The third-order valence-electron chi connectivity index (χ3n) is 3.03. The molecule has 0 radical (unpaired) electrons. The number of hydrogen-bond donors (Lipinski definition) is 2. The Morgan fingerprint density at radius 1 is 1.17 bits per heavy atom. The predicted molar refractivity (Wildman–Crippen MR) is 87.7 cm³/mol. The monoisotopic (exact) mass is 318 g/mol. The van der Waals surface area contributed by atoms with Crippen molar-refractivity contribution in [1.82, 2.24) is 0 Å². The highest BCUT2D eigenvalue weighted by Gasteiger charge is 2.06. The van der Waals surface area contributed by atoms with Gasteiger partial charge in [0, 0.05) is 19.2 Å². The standard InChI is InChI=1S/C17H19FN2O3/c1-12(21)20-13-7-8-17(22-2)15(11-13)19-9-10-23-16-6-4-3-5-14(16)18/h3-8,11,19H,9-10H2,1-2H3,(H,20,21). The van der Waals surface area contributed by atoms with Crippen LogP contribution in [0.2, 0.25) is 0 Å². The molecule has 1 amide bonds. The zero-order chi connectivity index (χ0) is 16.7. The number of carbonyl (C=O) groups excluding carboxylic acids is 1. The summed E-state index contributed by atoms with van der Waals surface area (Å²) in [6.45, 7) is 2.18. The number of methoxy groups -OCH3 is 1. The number of carbonyl (C=O) groups is 1. The molecule has 0 saturated carbocycles. The molecule has 2 aromatic carbocycles. The van der Waals surface area contributed by atoms with Gasteiger partial charge in [0.15, 0.2) is 11.6 Å². The molecule has 0 heterocycles. The second-order valence-corrected chi connectivity index (χ2v) is 4.80. The predicted octanol–water partition coefficient (Wildman–Crippen LogP) is 3.28. The fourth-order valence-electron chi connectivity index (χ4n) is 2.04. The second kappa shape index (κ2) is 8.03. The molecule has 0 spiro atoms. The molecule has 0 bridgehead atoms. The minimum atomic E-state index is -0.391. The third-order valence-corrected chi connectivity index (χ3v) is 3.03. The van der Waals surface area contributed by atoms with Gasteiger partial charge in [0.25, 0.3) is 0 Å². The molecule has 2 rings (SSSR count). The average Bonchev–Trinajstić information content (AvgIpc) is 2.53. The van der Waals surface area contributed by atoms with E-state index in [1.54, 1.807) is 43.5 Å². The van der Waals surface area contributed by atoms with Gasteiger partial charge >= 0.3 is 0 Å². The topological polar surface area (TPSA) is 59.6 Å². The molecule has 23 heavy (non-hydrogen) atoms. The van der Waals surface area contributed by atoms with Gasteiger partial charge in [-0.1, -0.05) is 12.1 Å². The summed E-state index contributed by atoms with van der Waals surface area (Å²) in [6.07, 6.45) is 0. The molecule has 0 saturated heterocycles. The highest BCUT2D eigenvalue weighted by Crippen LogP contribution is 2.27. The van der Waals surface area contributed by atoms with Crippen LogP contribution in [-0.2, 0) is 4.79 Å². The summed E-state index contributed by atoms with van der Waals surface area (Å²) in [7, 11) is 1.56. The van der Waals surface area contributed by atoms with Crippen LogP contribution in [0.4, 0.5) is 15.8 Å². The van der Waals surface area contributed by atoms with Gasteiger partial charge in [-0.15, -0.1) is 0 Å². The van der Waals surface area contributed by atoms with Gasteiger partial charge in [0.05, 0.1) is 12.8 Å². The summed E-state index contributed by atoms with van der Waals surface area (Å²) >= 11 is 0. The highest BCUT2D eigenvalue weighted by molar-refractivity contribution is 5.89. The van der Waals surface area contributed by atoms with E-state index in [0.29, 0.717) is 18.0 Å². The summed E-state index contributed by atoms with van der Waals surface area (Å²) in [5.41, 5.74) is 1.38. The Labute approximate surface area is 134 Å². The van der Waals surface area contributed by atoms with E-state index in [2.05, 4.69) is 10.6 Å². The van der Waals surface area contributed by atoms with Gasteiger partial charge in [0.2, 0.25) is 5.91 Å². The van der Waals surface area contributed by atoms with Crippen LogP contribution in [0.1, 0.15) is 6.92 Å². The molecule has 0 aliphatic heterocycles. The number of hydrogen-bond acceptors (Lipinski definition) is 4. The van der Waals surface area contributed by atoms with E-state index in [1.807, 2.05) is 0 Å². The first-order chi connectivity index (χ1) is 11.1. The first-order valence-electron chi connectivity index (χ1n) is 7.17. The van der Waals surface area contributed by atoms with E-state index < -0.39 is 5.82 Å². The van der Waals surface area contributed by atoms with Crippen molar-refractivity contribution in [2.24, 2.45) is 0 Å². The molecule has 6 heteroatoms. The van der Waals surface area contributed by atoms with E-state index in [9.17, 15) is 9.18 Å². The quantitative estimate of drug-likeness (QED) is 0.769. The van der Waals surface area contributed by atoms with Crippen LogP contribution in [-0.4, -0.2) is 26.2 Å². The number of amides is 1. The fourth-order valence-corrected chi connectivity index (χ4v) is 2.04. The molecule has 0 aliphatic rings. The molecule has 0 unspecified atom stereocenters. The first-order valence-corrected chi connectivity index (χ1v) is 7.17. The van der Waals surface area contributed by atoms with E-state index in [0.717, 1.165) is 5.69 Å². The maximum atomic E-state index is 13.4. The highest BCUT2D eigenvalue weighted by atomic mass is 19.1. The molecule has 2 N–H and O–H groups in total. The Kier molecular flexibility index (Phi) is 5.80. The largest absolute Gasteiger partial charge is 0.495 e. The van der Waals surface area contributed by atoms with Crippen LogP contribution in [0.3, 0.4) is 0 Å². The van der Waals surface area contributed by atoms with E-state index in [4.69, 9.17) is 9.47 Å². The maximum absolute atomic E-state index is 13.4. The van der Waals surface area contributed by atoms with Gasteiger partial charge < -0.3 is 20.1 Å². The number of ether oxygens (including phenoxy) is 2. The van der Waals surface area contributed by atoms with Crippen molar-refractivity contribution in [3.05, 3.63) is 48.3 Å². The number of benzene rings is 2. The average molecular weight is 318 g/mol. The Morgan fingerprint density at radius 2 is 1.96 bits per heavy atom. The lowest BCUT2D eigenvalue weighted by Gasteiger charge is -2.14. The molecule has 0 atom stereocenters. The summed E-state index contributed by atoms with van der Waals surface area (Å²) in [6, 6.07) is 11.5. The van der Waals surface area contributed by atoms with E-state index >= 15 is 0 Å². The Balaban J connectivity index is 1.93. The number of para-hydroxylation sites is 1. The maximum Gasteiger partial charge on any atom is 0.221 e. The Hall–Kier alpha value is -2.76. The zero-order valence-electron chi connectivity index (χ0n) is 13.1. The van der Waals surface area contributed by atoms with Gasteiger partial charge in [-0.25, -0.2) is 4.39 Å². The van der Waals surface area contributed by atoms with Crippen LogP contribution >= 0.6 is 0 Å². The van der Waals surface area contributed by atoms with Gasteiger partial charge in [-0.05, 0) is 30.3 Å². The lowest BCUT2D eigenvalue weighted by molar-refractivity contribution is -0.114. The normalized spacial score (nSPS) is 10.0. The number of halogens is 1. The molecule has 5 nitrogen and oxygen atoms in total. The van der Waals surface area contributed by atoms with Gasteiger partial charge in [-0.3, -0.25) is 4.79 Å². The smallest absolute Gasteiger partial charge is 0.221 e. The van der Waals surface area contributed by atoms with Crippen LogP contribution < -0.4 is 20.1 Å². The minimum absolute atomic E-state index is 0.149. The van der Waals surface area contributed by atoms with Gasteiger partial charge in [0.1, 0.15) is 12.4 Å². The Bertz CT molecular complexity index is 677. The summed E-state index contributed by atoms with van der Waals surface area (Å²) in [4.78, 5) is 11.1. The first kappa shape index (κ1) is 16.6. The molecule has 0 fully saturated rings. The molecule has 0 aliphatic carbocycles. The van der Waals surface area contributed by atoms with Crippen molar-refractivity contribution >= 4 is 17.3 Å². The molecular formula is C17H19FN2O3. The molecular weight excluding hydrogens is 299 g/mol. The van der Waals surface area contributed by atoms with E-state index in [-0.39, 0.29) is 18.3 Å².